The van der Waals surface area contributed by atoms with Crippen LogP contribution in [0.2, 0.25) is 0 Å². The maximum Gasteiger partial charge on any atom is 1.00 e. The number of hydrogen-bond acceptors (Lipinski definition) is 4. The summed E-state index contributed by atoms with van der Waals surface area (Å²) in [7, 11) is 0. The van der Waals surface area contributed by atoms with E-state index in [1.807, 2.05) is 0 Å². The van der Waals surface area contributed by atoms with Crippen molar-refractivity contribution in [1.82, 2.24) is 0 Å². The second kappa shape index (κ2) is 5.84. The van der Waals surface area contributed by atoms with Gasteiger partial charge in [-0.15, -0.1) is 0 Å². The summed E-state index contributed by atoms with van der Waals surface area (Å²) in [5, 5.41) is 35.0. The van der Waals surface area contributed by atoms with Crippen LogP contribution in [0.25, 0.3) is 0 Å². The Bertz CT molecular complexity index is 323. The van der Waals surface area contributed by atoms with E-state index in [2.05, 4.69) is 0 Å². The summed E-state index contributed by atoms with van der Waals surface area (Å²) in [6, 6.07) is 1.69. The molecule has 1 rings (SSSR count). The topological polar surface area (TPSA) is 98.0 Å². The van der Waals surface area contributed by atoms with E-state index >= 15 is 0 Å². The number of phenols is 3. The van der Waals surface area contributed by atoms with Gasteiger partial charge in [-0.1, -0.05) is 0 Å². The first-order chi connectivity index (χ1) is 5.52. The van der Waals surface area contributed by atoms with Gasteiger partial charge in [-0.05, 0) is 12.1 Å². The van der Waals surface area contributed by atoms with Crippen molar-refractivity contribution in [2.45, 2.75) is 0 Å². The van der Waals surface area contributed by atoms with Crippen LogP contribution in [0.1, 0.15) is 11.8 Å². The number of hydrogen-bond donors (Lipinski definition) is 4. The van der Waals surface area contributed by atoms with E-state index in [0.29, 0.717) is 0 Å². The fourth-order valence-electron chi connectivity index (χ4n) is 0.728. The summed E-state index contributed by atoms with van der Waals surface area (Å²) in [6.45, 7) is 0. The van der Waals surface area contributed by atoms with Crippen molar-refractivity contribution < 1.29 is 62.6 Å². The van der Waals surface area contributed by atoms with Crippen LogP contribution in [0.5, 0.6) is 17.2 Å². The predicted molar refractivity (Wildman–Crippen MR) is 39.5 cm³/mol. The fraction of sp³-hybridized carbons (Fsp3) is 0. The predicted octanol–water partition coefficient (Wildman–Crippen LogP) is -2.38. The van der Waals surface area contributed by atoms with Crippen LogP contribution in [0.3, 0.4) is 0 Å². The first kappa shape index (κ1) is 15.7. The summed E-state index contributed by atoms with van der Waals surface area (Å²) in [5.74, 6) is -3.33. The first-order valence-corrected chi connectivity index (χ1v) is 3.00. The number of benzene rings is 1. The van der Waals surface area contributed by atoms with Crippen molar-refractivity contribution in [3.8, 4) is 17.2 Å². The van der Waals surface area contributed by atoms with Crippen molar-refractivity contribution in [1.29, 1.82) is 0 Å². The van der Waals surface area contributed by atoms with E-state index in [9.17, 15) is 4.79 Å². The van der Waals surface area contributed by atoms with Gasteiger partial charge in [-0.25, -0.2) is 4.79 Å². The number of carboxylic acid groups (broad SMARTS) is 1. The first-order valence-electron chi connectivity index (χ1n) is 3.00. The molecule has 5 nitrogen and oxygen atoms in total. The van der Waals surface area contributed by atoms with E-state index in [0.717, 1.165) is 12.1 Å². The Balaban J connectivity index is -0.000000480. The number of phenolic OH excluding ortho intramolecular Hbond substituents is 3. The van der Waals surface area contributed by atoms with Gasteiger partial charge in [0.2, 0.25) is 0 Å². The third-order valence-electron chi connectivity index (χ3n) is 1.32. The Morgan fingerprint density at radius 3 is 1.79 bits per heavy atom. The van der Waals surface area contributed by atoms with Gasteiger partial charge in [-0.2, -0.15) is 0 Å². The molecule has 4 N–H and O–H groups in total. The number of carboxylic acids is 1. The van der Waals surface area contributed by atoms with Gasteiger partial charge < -0.3 is 21.9 Å². The third kappa shape index (κ3) is 3.16. The third-order valence-corrected chi connectivity index (χ3v) is 1.32. The second-order valence-electron chi connectivity index (χ2n) is 2.17. The summed E-state index contributed by atoms with van der Waals surface area (Å²) in [6.07, 6.45) is 0. The largest absolute Gasteiger partial charge is 1.00 e. The molecule has 0 spiro atoms. The number of carbonyl (C=O) groups is 1. The van der Waals surface area contributed by atoms with Crippen LogP contribution in [0.15, 0.2) is 12.1 Å². The van der Waals surface area contributed by atoms with Gasteiger partial charge in [0, 0.05) is 17.1 Å². The number of aromatic hydroxyl groups is 3. The minimum atomic E-state index is -1.29. The molecule has 7 heteroatoms. The molecule has 0 aromatic heterocycles. The molecule has 73 valence electrons. The van der Waals surface area contributed by atoms with Gasteiger partial charge in [0.25, 0.3) is 0 Å². The monoisotopic (exact) mass is 233 g/mol. The average Bonchev–Trinajstić information content (AvgIpc) is 1.99. The fourth-order valence-corrected chi connectivity index (χ4v) is 0.728. The zero-order chi connectivity index (χ0) is 9.30. The van der Waals surface area contributed by atoms with Crippen LogP contribution < -0.4 is 18.9 Å². The van der Waals surface area contributed by atoms with Crippen LogP contribution in [0, 0.1) is 0 Å². The maximum atomic E-state index is 10.3. The molecule has 0 aliphatic rings. The Morgan fingerprint density at radius 2 is 1.50 bits per heavy atom. The smallest absolute Gasteiger partial charge is 1.00 e. The molecule has 0 bridgehead atoms. The number of aromatic carboxylic acids is 1. The summed E-state index contributed by atoms with van der Waals surface area (Å²) in [5.41, 5.74) is -0.289. The SMILES string of the molecule is O=C(O)c1cc(O)c(O)c(O)c1.[H-].[Li+].[Mn]. The molecule has 0 saturated carbocycles. The average molecular weight is 233 g/mol. The molecule has 0 heterocycles. The van der Waals surface area contributed by atoms with E-state index in [1.165, 1.54) is 0 Å². The maximum absolute atomic E-state index is 10.3. The summed E-state index contributed by atoms with van der Waals surface area (Å²) < 4.78 is 0. The van der Waals surface area contributed by atoms with Gasteiger partial charge in [-0.3, -0.25) is 0 Å². The second-order valence-corrected chi connectivity index (χ2v) is 2.17. The molecule has 1 radical (unpaired) electrons. The van der Waals surface area contributed by atoms with Gasteiger partial charge >= 0.3 is 24.8 Å². The van der Waals surface area contributed by atoms with Crippen molar-refractivity contribution in [2.24, 2.45) is 0 Å². The minimum Gasteiger partial charge on any atom is -1.00 e. The van der Waals surface area contributed by atoms with Gasteiger partial charge in [0.05, 0.1) is 5.56 Å². The quantitative estimate of drug-likeness (QED) is 0.320. The van der Waals surface area contributed by atoms with E-state index < -0.39 is 23.2 Å². The van der Waals surface area contributed by atoms with Crippen molar-refractivity contribution >= 4 is 5.97 Å². The van der Waals surface area contributed by atoms with Gasteiger partial charge in [0.15, 0.2) is 17.2 Å². The zero-order valence-electron chi connectivity index (χ0n) is 8.23. The molecule has 0 saturated heterocycles. The minimum absolute atomic E-state index is 0. The Morgan fingerprint density at radius 1 is 1.14 bits per heavy atom. The molecular formula is C7H7LiMnO5. The molecule has 1 aromatic carbocycles. The summed E-state index contributed by atoms with van der Waals surface area (Å²) in [4.78, 5) is 10.3. The van der Waals surface area contributed by atoms with Crippen LogP contribution in [-0.2, 0) is 17.1 Å². The molecule has 1 aromatic rings. The Kier molecular flexibility index (Phi) is 6.53. The van der Waals surface area contributed by atoms with E-state index in [4.69, 9.17) is 20.4 Å². The van der Waals surface area contributed by atoms with E-state index in [-0.39, 0.29) is 42.9 Å². The van der Waals surface area contributed by atoms with Crippen LogP contribution in [0.4, 0.5) is 0 Å². The normalized spacial score (nSPS) is 8.29. The summed E-state index contributed by atoms with van der Waals surface area (Å²) >= 11 is 0. The standard InChI is InChI=1S/C7H6O5.Li.Mn.H/c8-4-1-3(7(11)12)2-5(9)6(4)10;;;/h1-2,8-10H,(H,11,12);;;/q;+1;;-1. The molecular weight excluding hydrogens is 226 g/mol. The van der Waals surface area contributed by atoms with Crippen molar-refractivity contribution in [3.05, 3.63) is 17.7 Å². The zero-order valence-corrected chi connectivity index (χ0v) is 8.41. The molecule has 14 heavy (non-hydrogen) atoms. The van der Waals surface area contributed by atoms with Gasteiger partial charge in [0.1, 0.15) is 0 Å². The molecule has 0 aliphatic heterocycles. The molecule has 0 fully saturated rings. The molecule has 0 unspecified atom stereocenters. The Hall–Kier alpha value is -0.793. The van der Waals surface area contributed by atoms with Crippen molar-refractivity contribution in [2.75, 3.05) is 0 Å². The van der Waals surface area contributed by atoms with Crippen molar-refractivity contribution in [3.63, 3.8) is 0 Å². The molecule has 0 aliphatic carbocycles. The number of rotatable bonds is 1. The van der Waals surface area contributed by atoms with Crippen LogP contribution in [-0.4, -0.2) is 26.4 Å². The Labute approximate surface area is 104 Å². The van der Waals surface area contributed by atoms with E-state index in [1.54, 1.807) is 0 Å². The molecule has 0 amide bonds. The van der Waals surface area contributed by atoms with Crippen LogP contribution >= 0.6 is 0 Å². The molecule has 0 atom stereocenters.